The van der Waals surface area contributed by atoms with Crippen molar-refractivity contribution in [3.63, 3.8) is 0 Å². The molecule has 30 heavy (non-hydrogen) atoms. The number of carboxylic acids is 1. The number of amidine groups is 1. The molecule has 0 aliphatic rings. The maximum atomic E-state index is 12.1. The standard InChI is InChI=1S/C21H27N3O6/c1-3-13-11-16(18(30-10-9-25)12-17(13)29-4-2)19(21(26)27)23-15-7-5-14(6-8-15)20(22)24-28/h5-8,11-12,19,23,25,28H,3-4,9-10H2,1-2H3,(H2,22,24)(H,26,27). The zero-order chi connectivity index (χ0) is 22.1. The largest absolute Gasteiger partial charge is 0.493 e. The molecule has 0 aliphatic heterocycles. The highest BCUT2D eigenvalue weighted by atomic mass is 16.5. The van der Waals surface area contributed by atoms with Gasteiger partial charge >= 0.3 is 5.97 Å². The van der Waals surface area contributed by atoms with Crippen molar-refractivity contribution in [1.82, 2.24) is 0 Å². The van der Waals surface area contributed by atoms with E-state index in [9.17, 15) is 9.90 Å². The molecule has 9 heteroatoms. The number of benzene rings is 2. The van der Waals surface area contributed by atoms with Crippen LogP contribution in [0.4, 0.5) is 5.69 Å². The highest BCUT2D eigenvalue weighted by Crippen LogP contribution is 2.35. The Morgan fingerprint density at radius 3 is 2.40 bits per heavy atom. The smallest absolute Gasteiger partial charge is 0.330 e. The number of nitrogens with zero attached hydrogens (tertiary/aromatic N) is 1. The number of carboxylic acid groups (broad SMARTS) is 1. The number of ether oxygens (including phenoxy) is 2. The number of carbonyl (C=O) groups is 1. The number of aliphatic carboxylic acids is 1. The minimum atomic E-state index is -1.12. The van der Waals surface area contributed by atoms with Gasteiger partial charge in [0.1, 0.15) is 18.1 Å². The van der Waals surface area contributed by atoms with E-state index in [1.165, 1.54) is 0 Å². The van der Waals surface area contributed by atoms with Crippen molar-refractivity contribution in [2.24, 2.45) is 10.9 Å². The van der Waals surface area contributed by atoms with Crippen LogP contribution in [0.15, 0.2) is 41.6 Å². The molecule has 0 heterocycles. The summed E-state index contributed by atoms with van der Waals surface area (Å²) in [5.41, 5.74) is 7.84. The summed E-state index contributed by atoms with van der Waals surface area (Å²) in [5.74, 6) is -0.215. The third-order valence-electron chi connectivity index (χ3n) is 4.38. The molecule has 0 saturated heterocycles. The SMILES string of the molecule is CCOc1cc(OCCO)c(C(Nc2ccc(C(N)=NO)cc2)C(=O)O)cc1CC. The fraction of sp³-hybridized carbons (Fsp3) is 0.333. The third-order valence-corrected chi connectivity index (χ3v) is 4.38. The van der Waals surface area contributed by atoms with Crippen LogP contribution in [0.5, 0.6) is 11.5 Å². The van der Waals surface area contributed by atoms with E-state index in [1.807, 2.05) is 13.8 Å². The van der Waals surface area contributed by atoms with Gasteiger partial charge in [-0.25, -0.2) is 4.79 Å². The zero-order valence-corrected chi connectivity index (χ0v) is 17.0. The lowest BCUT2D eigenvalue weighted by molar-refractivity contribution is -0.138. The van der Waals surface area contributed by atoms with Gasteiger partial charge < -0.3 is 35.9 Å². The average molecular weight is 417 g/mol. The van der Waals surface area contributed by atoms with Crippen LogP contribution in [-0.2, 0) is 11.2 Å². The van der Waals surface area contributed by atoms with Crippen molar-refractivity contribution in [3.05, 3.63) is 53.1 Å². The normalized spacial score (nSPS) is 12.3. The van der Waals surface area contributed by atoms with Gasteiger partial charge in [0.15, 0.2) is 11.9 Å². The molecule has 1 unspecified atom stereocenters. The number of aliphatic hydroxyl groups is 1. The second-order valence-corrected chi connectivity index (χ2v) is 6.33. The molecule has 0 fully saturated rings. The third kappa shape index (κ3) is 5.54. The summed E-state index contributed by atoms with van der Waals surface area (Å²) < 4.78 is 11.3. The molecule has 0 radical (unpaired) electrons. The zero-order valence-electron chi connectivity index (χ0n) is 17.0. The minimum absolute atomic E-state index is 0.0187. The molecule has 2 aromatic rings. The number of oxime groups is 1. The number of nitrogens with one attached hydrogen (secondary N) is 1. The number of hydrogen-bond donors (Lipinski definition) is 5. The molecule has 0 saturated carbocycles. The van der Waals surface area contributed by atoms with E-state index < -0.39 is 12.0 Å². The molecule has 6 N–H and O–H groups in total. The van der Waals surface area contributed by atoms with Crippen molar-refractivity contribution in [3.8, 4) is 11.5 Å². The molecule has 2 rings (SSSR count). The van der Waals surface area contributed by atoms with Gasteiger partial charge in [-0.3, -0.25) is 0 Å². The molecule has 162 valence electrons. The fourth-order valence-electron chi connectivity index (χ4n) is 2.93. The van der Waals surface area contributed by atoms with Crippen LogP contribution < -0.4 is 20.5 Å². The predicted octanol–water partition coefficient (Wildman–Crippen LogP) is 2.35. The first-order chi connectivity index (χ1) is 14.4. The first-order valence-corrected chi connectivity index (χ1v) is 9.55. The van der Waals surface area contributed by atoms with Gasteiger partial charge in [0, 0.05) is 22.9 Å². The molecule has 0 spiro atoms. The van der Waals surface area contributed by atoms with E-state index >= 15 is 0 Å². The molecule has 0 amide bonds. The van der Waals surface area contributed by atoms with Crippen LogP contribution in [-0.4, -0.2) is 47.0 Å². The van der Waals surface area contributed by atoms with Crippen LogP contribution >= 0.6 is 0 Å². The van der Waals surface area contributed by atoms with Crippen molar-refractivity contribution in [1.29, 1.82) is 0 Å². The Hall–Kier alpha value is -3.46. The van der Waals surface area contributed by atoms with Crippen LogP contribution in [0.3, 0.4) is 0 Å². The van der Waals surface area contributed by atoms with Gasteiger partial charge in [0.2, 0.25) is 0 Å². The molecule has 1 atom stereocenters. The number of aryl methyl sites for hydroxylation is 1. The second-order valence-electron chi connectivity index (χ2n) is 6.33. The monoisotopic (exact) mass is 417 g/mol. The van der Waals surface area contributed by atoms with E-state index in [-0.39, 0.29) is 19.0 Å². The van der Waals surface area contributed by atoms with Gasteiger partial charge in [-0.15, -0.1) is 0 Å². The van der Waals surface area contributed by atoms with Gasteiger partial charge in [0.05, 0.1) is 13.2 Å². The van der Waals surface area contributed by atoms with E-state index in [0.29, 0.717) is 41.3 Å². The Morgan fingerprint density at radius 1 is 1.17 bits per heavy atom. The van der Waals surface area contributed by atoms with Crippen LogP contribution in [0.1, 0.15) is 36.6 Å². The average Bonchev–Trinajstić information content (AvgIpc) is 2.76. The van der Waals surface area contributed by atoms with Gasteiger partial charge in [-0.05, 0) is 49.2 Å². The maximum Gasteiger partial charge on any atom is 0.330 e. The summed E-state index contributed by atoms with van der Waals surface area (Å²) >= 11 is 0. The Labute approximate surface area is 174 Å². The number of anilines is 1. The number of nitrogens with two attached hydrogens (primary N) is 1. The Balaban J connectivity index is 2.45. The van der Waals surface area contributed by atoms with Gasteiger partial charge in [0.25, 0.3) is 0 Å². The highest BCUT2D eigenvalue weighted by Gasteiger charge is 2.26. The lowest BCUT2D eigenvalue weighted by atomic mass is 9.99. The lowest BCUT2D eigenvalue weighted by Crippen LogP contribution is -2.22. The fourth-order valence-corrected chi connectivity index (χ4v) is 2.93. The molecule has 2 aromatic carbocycles. The Kier molecular flexibility index (Phi) is 8.30. The van der Waals surface area contributed by atoms with Crippen molar-refractivity contribution in [2.75, 3.05) is 25.1 Å². The first kappa shape index (κ1) is 22.8. The summed E-state index contributed by atoms with van der Waals surface area (Å²) in [6, 6.07) is 8.76. The molecule has 0 aromatic heterocycles. The number of aliphatic hydroxyl groups excluding tert-OH is 1. The van der Waals surface area contributed by atoms with Crippen LogP contribution in [0.25, 0.3) is 0 Å². The summed E-state index contributed by atoms with van der Waals surface area (Å²) in [4.78, 5) is 12.1. The van der Waals surface area contributed by atoms with E-state index in [4.69, 9.17) is 25.5 Å². The highest BCUT2D eigenvalue weighted by molar-refractivity contribution is 5.97. The molecule has 0 bridgehead atoms. The van der Waals surface area contributed by atoms with Crippen LogP contribution in [0.2, 0.25) is 0 Å². The maximum absolute atomic E-state index is 12.1. The van der Waals surface area contributed by atoms with Crippen molar-refractivity contribution < 1.29 is 29.7 Å². The number of hydrogen-bond acceptors (Lipinski definition) is 7. The Morgan fingerprint density at radius 2 is 1.87 bits per heavy atom. The molecular weight excluding hydrogens is 390 g/mol. The van der Waals surface area contributed by atoms with Crippen molar-refractivity contribution >= 4 is 17.5 Å². The van der Waals surface area contributed by atoms with Crippen LogP contribution in [0, 0.1) is 0 Å². The quantitative estimate of drug-likeness (QED) is 0.162. The summed E-state index contributed by atoms with van der Waals surface area (Å²) in [7, 11) is 0. The number of rotatable bonds is 11. The first-order valence-electron chi connectivity index (χ1n) is 9.55. The van der Waals surface area contributed by atoms with E-state index in [0.717, 1.165) is 5.56 Å². The summed E-state index contributed by atoms with van der Waals surface area (Å²) in [6.07, 6.45) is 0.642. The molecular formula is C21H27N3O6. The second kappa shape index (κ2) is 10.9. The topological polar surface area (TPSA) is 147 Å². The molecule has 0 aliphatic carbocycles. The predicted molar refractivity (Wildman–Crippen MR) is 113 cm³/mol. The van der Waals surface area contributed by atoms with Gasteiger partial charge in [-0.2, -0.15) is 0 Å². The summed E-state index contributed by atoms with van der Waals surface area (Å²) in [5, 5.41) is 33.7. The van der Waals surface area contributed by atoms with Gasteiger partial charge in [-0.1, -0.05) is 12.1 Å². The van der Waals surface area contributed by atoms with E-state index in [1.54, 1.807) is 36.4 Å². The molecule has 9 nitrogen and oxygen atoms in total. The van der Waals surface area contributed by atoms with E-state index in [2.05, 4.69) is 10.5 Å². The summed E-state index contributed by atoms with van der Waals surface area (Å²) in [6.45, 7) is 4.08. The lowest BCUT2D eigenvalue weighted by Gasteiger charge is -2.22. The minimum Gasteiger partial charge on any atom is -0.493 e. The Bertz CT molecular complexity index is 883. The van der Waals surface area contributed by atoms with Crippen molar-refractivity contribution in [2.45, 2.75) is 26.3 Å².